The zero-order valence-corrected chi connectivity index (χ0v) is 18.0. The van der Waals surface area contributed by atoms with Gasteiger partial charge in [-0.05, 0) is 41.3 Å². The summed E-state index contributed by atoms with van der Waals surface area (Å²) in [5.74, 6) is 0.592. The predicted molar refractivity (Wildman–Crippen MR) is 122 cm³/mol. The van der Waals surface area contributed by atoms with Crippen molar-refractivity contribution in [2.24, 2.45) is 0 Å². The molecule has 6 heteroatoms. The monoisotopic (exact) mass is 430 g/mol. The first kappa shape index (κ1) is 21.4. The molecular weight excluding hydrogens is 404 g/mol. The molecule has 0 aromatic heterocycles. The molecule has 0 atom stereocenters. The minimum Gasteiger partial charge on any atom is -0.493 e. The lowest BCUT2D eigenvalue weighted by molar-refractivity contribution is -0.131. The van der Waals surface area contributed by atoms with Crippen molar-refractivity contribution >= 4 is 11.8 Å². The number of fused-ring (bicyclic) bond motifs is 1. The molecule has 0 fully saturated rings. The number of carbonyl (C=O) groups is 2. The smallest absolute Gasteiger partial charge is 0.251 e. The van der Waals surface area contributed by atoms with Crippen molar-refractivity contribution in [2.45, 2.75) is 19.6 Å². The van der Waals surface area contributed by atoms with Crippen LogP contribution in [-0.4, -0.2) is 36.9 Å². The van der Waals surface area contributed by atoms with Gasteiger partial charge in [-0.2, -0.15) is 0 Å². The standard InChI is InChI=1S/C26H26N2O4/c1-31-24-15-21(11-12-23(24)32-18-19-7-3-2-4-8-19)26(30)27-16-25(29)28-14-13-20-9-5-6-10-22(20)17-28/h2-12,15H,13-14,16-18H2,1H3,(H,27,30). The second kappa shape index (κ2) is 10.0. The van der Waals surface area contributed by atoms with Crippen molar-refractivity contribution in [3.63, 3.8) is 0 Å². The summed E-state index contributed by atoms with van der Waals surface area (Å²) in [6.07, 6.45) is 0.831. The first-order valence-corrected chi connectivity index (χ1v) is 10.6. The average molecular weight is 431 g/mol. The zero-order chi connectivity index (χ0) is 22.3. The molecule has 32 heavy (non-hydrogen) atoms. The van der Waals surface area contributed by atoms with Gasteiger partial charge in [-0.25, -0.2) is 0 Å². The SMILES string of the molecule is COc1cc(C(=O)NCC(=O)N2CCc3ccccc3C2)ccc1OCc1ccccc1. The molecule has 0 saturated carbocycles. The maximum atomic E-state index is 12.6. The molecule has 2 amide bonds. The van der Waals surface area contributed by atoms with Crippen LogP contribution in [0.15, 0.2) is 72.8 Å². The van der Waals surface area contributed by atoms with Crippen molar-refractivity contribution < 1.29 is 19.1 Å². The van der Waals surface area contributed by atoms with Crippen molar-refractivity contribution in [1.29, 1.82) is 0 Å². The van der Waals surface area contributed by atoms with E-state index in [-0.39, 0.29) is 18.4 Å². The second-order valence-corrected chi connectivity index (χ2v) is 7.66. The number of amides is 2. The van der Waals surface area contributed by atoms with E-state index < -0.39 is 0 Å². The summed E-state index contributed by atoms with van der Waals surface area (Å²) < 4.78 is 11.2. The highest BCUT2D eigenvalue weighted by Crippen LogP contribution is 2.29. The summed E-state index contributed by atoms with van der Waals surface area (Å²) >= 11 is 0. The number of hydrogen-bond acceptors (Lipinski definition) is 4. The van der Waals surface area contributed by atoms with Crippen LogP contribution in [0, 0.1) is 0 Å². The molecule has 6 nitrogen and oxygen atoms in total. The number of carbonyl (C=O) groups excluding carboxylic acids is 2. The van der Waals surface area contributed by atoms with Gasteiger partial charge in [-0.3, -0.25) is 9.59 Å². The Balaban J connectivity index is 1.33. The highest BCUT2D eigenvalue weighted by molar-refractivity contribution is 5.97. The van der Waals surface area contributed by atoms with Gasteiger partial charge in [0, 0.05) is 18.7 Å². The Bertz CT molecular complexity index is 1100. The van der Waals surface area contributed by atoms with Crippen LogP contribution in [0.4, 0.5) is 0 Å². The van der Waals surface area contributed by atoms with Crippen molar-refractivity contribution in [3.05, 3.63) is 95.1 Å². The molecule has 0 saturated heterocycles. The maximum Gasteiger partial charge on any atom is 0.251 e. The van der Waals surface area contributed by atoms with Crippen molar-refractivity contribution in [3.8, 4) is 11.5 Å². The summed E-state index contributed by atoms with van der Waals surface area (Å²) in [6, 6.07) is 22.9. The van der Waals surface area contributed by atoms with Crippen LogP contribution in [0.1, 0.15) is 27.0 Å². The Morgan fingerprint density at radius 1 is 0.938 bits per heavy atom. The average Bonchev–Trinajstić information content (AvgIpc) is 2.86. The summed E-state index contributed by atoms with van der Waals surface area (Å²) in [5, 5.41) is 2.72. The number of rotatable bonds is 7. The van der Waals surface area contributed by atoms with Gasteiger partial charge < -0.3 is 19.7 Å². The third-order valence-electron chi connectivity index (χ3n) is 5.55. The molecule has 4 rings (SSSR count). The summed E-state index contributed by atoms with van der Waals surface area (Å²) in [5.41, 5.74) is 3.89. The molecule has 1 aliphatic heterocycles. The Kier molecular flexibility index (Phi) is 6.70. The van der Waals surface area contributed by atoms with Crippen LogP contribution >= 0.6 is 0 Å². The molecule has 1 heterocycles. The molecule has 0 radical (unpaired) electrons. The Hall–Kier alpha value is -3.80. The molecule has 3 aromatic carbocycles. The Labute approximate surface area is 187 Å². The fraction of sp³-hybridized carbons (Fsp3) is 0.231. The van der Waals surface area contributed by atoms with Crippen LogP contribution in [0.3, 0.4) is 0 Å². The van der Waals surface area contributed by atoms with Crippen molar-refractivity contribution in [2.75, 3.05) is 20.2 Å². The molecule has 0 spiro atoms. The third-order valence-corrected chi connectivity index (χ3v) is 5.55. The fourth-order valence-corrected chi connectivity index (χ4v) is 3.74. The van der Waals surface area contributed by atoms with Gasteiger partial charge in [-0.15, -0.1) is 0 Å². The van der Waals surface area contributed by atoms with Crippen LogP contribution in [0.25, 0.3) is 0 Å². The number of ether oxygens (including phenoxy) is 2. The number of hydrogen-bond donors (Lipinski definition) is 1. The van der Waals surface area contributed by atoms with E-state index in [9.17, 15) is 9.59 Å². The van der Waals surface area contributed by atoms with Gasteiger partial charge in [0.2, 0.25) is 5.91 Å². The van der Waals surface area contributed by atoms with E-state index >= 15 is 0 Å². The lowest BCUT2D eigenvalue weighted by atomic mass is 10.00. The summed E-state index contributed by atoms with van der Waals surface area (Å²) in [4.78, 5) is 27.0. The van der Waals surface area contributed by atoms with Gasteiger partial charge in [0.1, 0.15) is 6.61 Å². The van der Waals surface area contributed by atoms with E-state index in [0.29, 0.717) is 36.8 Å². The van der Waals surface area contributed by atoms with Crippen LogP contribution < -0.4 is 14.8 Å². The van der Waals surface area contributed by atoms with Gasteiger partial charge in [0.15, 0.2) is 11.5 Å². The second-order valence-electron chi connectivity index (χ2n) is 7.66. The molecule has 1 N–H and O–H groups in total. The predicted octanol–water partition coefficient (Wildman–Crippen LogP) is 3.59. The molecule has 164 valence electrons. The maximum absolute atomic E-state index is 12.6. The number of nitrogens with one attached hydrogen (secondary N) is 1. The number of benzene rings is 3. The van der Waals surface area contributed by atoms with E-state index in [1.807, 2.05) is 48.5 Å². The van der Waals surface area contributed by atoms with Gasteiger partial charge in [0.25, 0.3) is 5.91 Å². The molecule has 0 unspecified atom stereocenters. The summed E-state index contributed by atoms with van der Waals surface area (Å²) in [6.45, 7) is 1.59. The quantitative estimate of drug-likeness (QED) is 0.622. The van der Waals surface area contributed by atoms with Gasteiger partial charge in [0.05, 0.1) is 13.7 Å². The largest absolute Gasteiger partial charge is 0.493 e. The topological polar surface area (TPSA) is 67.9 Å². The molecule has 3 aromatic rings. The molecular formula is C26H26N2O4. The lowest BCUT2D eigenvalue weighted by Gasteiger charge is -2.29. The Morgan fingerprint density at radius 3 is 2.47 bits per heavy atom. The highest BCUT2D eigenvalue weighted by Gasteiger charge is 2.21. The number of methoxy groups -OCH3 is 1. The summed E-state index contributed by atoms with van der Waals surface area (Å²) in [7, 11) is 1.53. The molecule has 0 bridgehead atoms. The van der Waals surface area contributed by atoms with E-state index in [0.717, 1.165) is 17.5 Å². The van der Waals surface area contributed by atoms with E-state index in [1.165, 1.54) is 12.7 Å². The first-order valence-electron chi connectivity index (χ1n) is 10.6. The lowest BCUT2D eigenvalue weighted by Crippen LogP contribution is -2.42. The van der Waals surface area contributed by atoms with Gasteiger partial charge >= 0.3 is 0 Å². The minimum absolute atomic E-state index is 0.0461. The van der Waals surface area contributed by atoms with Crippen LogP contribution in [-0.2, 0) is 24.4 Å². The van der Waals surface area contributed by atoms with Crippen LogP contribution in [0.2, 0.25) is 0 Å². The normalized spacial score (nSPS) is 12.6. The first-order chi connectivity index (χ1) is 15.6. The van der Waals surface area contributed by atoms with E-state index in [2.05, 4.69) is 11.4 Å². The molecule has 0 aliphatic carbocycles. The van der Waals surface area contributed by atoms with E-state index in [4.69, 9.17) is 9.47 Å². The number of nitrogens with zero attached hydrogens (tertiary/aromatic N) is 1. The Morgan fingerprint density at radius 2 is 1.69 bits per heavy atom. The van der Waals surface area contributed by atoms with Crippen LogP contribution in [0.5, 0.6) is 11.5 Å². The van der Waals surface area contributed by atoms with Gasteiger partial charge in [-0.1, -0.05) is 54.6 Å². The molecule has 1 aliphatic rings. The minimum atomic E-state index is -0.330. The van der Waals surface area contributed by atoms with E-state index in [1.54, 1.807) is 23.1 Å². The third kappa shape index (κ3) is 5.09. The fourth-order valence-electron chi connectivity index (χ4n) is 3.74. The zero-order valence-electron chi connectivity index (χ0n) is 18.0. The van der Waals surface area contributed by atoms with Crippen molar-refractivity contribution in [1.82, 2.24) is 10.2 Å². The highest BCUT2D eigenvalue weighted by atomic mass is 16.5.